The molecule has 0 aliphatic heterocycles. The van der Waals surface area contributed by atoms with Crippen molar-refractivity contribution in [2.45, 2.75) is 12.7 Å². The molecule has 1 aromatic carbocycles. The smallest absolute Gasteiger partial charge is 0.0705 e. The fraction of sp³-hybridized carbons (Fsp3) is 0.357. The van der Waals surface area contributed by atoms with Gasteiger partial charge in [-0.25, -0.2) is 0 Å². The van der Waals surface area contributed by atoms with Crippen LogP contribution in [0, 0.1) is 5.92 Å². The Labute approximate surface area is 112 Å². The highest BCUT2D eigenvalue weighted by Gasteiger charge is 2.03. The molecule has 0 aliphatic carbocycles. The van der Waals surface area contributed by atoms with Gasteiger partial charge in [-0.3, -0.25) is 4.98 Å². The first-order valence-corrected chi connectivity index (χ1v) is 7.46. The second kappa shape index (κ2) is 6.27. The van der Waals surface area contributed by atoms with Crippen molar-refractivity contribution in [1.29, 1.82) is 0 Å². The summed E-state index contributed by atoms with van der Waals surface area (Å²) in [6.07, 6.45) is 1.89. The second-order valence-corrected chi connectivity index (χ2v) is 5.60. The summed E-state index contributed by atoms with van der Waals surface area (Å²) in [5, 5.41) is 1.26. The van der Waals surface area contributed by atoms with Gasteiger partial charge in [0.15, 0.2) is 0 Å². The van der Waals surface area contributed by atoms with Gasteiger partial charge in [0.25, 0.3) is 0 Å². The fourth-order valence-electron chi connectivity index (χ4n) is 1.70. The number of halogens is 1. The van der Waals surface area contributed by atoms with Crippen LogP contribution in [-0.2, 0) is 5.75 Å². The largest absolute Gasteiger partial charge is 0.256 e. The number of rotatable bonds is 5. The lowest BCUT2D eigenvalue weighted by molar-refractivity contribution is 0.759. The Morgan fingerprint density at radius 1 is 1.29 bits per heavy atom. The molecule has 0 amide bonds. The van der Waals surface area contributed by atoms with Crippen LogP contribution in [0.4, 0.5) is 0 Å². The molecule has 1 atom stereocenters. The number of nitrogens with zero attached hydrogens (tertiary/aromatic N) is 1. The van der Waals surface area contributed by atoms with Gasteiger partial charge in [0.1, 0.15) is 0 Å². The molecular weight excluding hydrogens is 250 g/mol. The Kier molecular flexibility index (Phi) is 4.69. The minimum atomic E-state index is 0.578. The van der Waals surface area contributed by atoms with Gasteiger partial charge >= 0.3 is 0 Å². The van der Waals surface area contributed by atoms with E-state index in [-0.39, 0.29) is 0 Å². The Bertz CT molecular complexity index is 481. The lowest BCUT2D eigenvalue weighted by atomic mass is 10.1. The first kappa shape index (κ1) is 12.7. The van der Waals surface area contributed by atoms with Crippen molar-refractivity contribution in [1.82, 2.24) is 4.98 Å². The van der Waals surface area contributed by atoms with Crippen molar-refractivity contribution in [2.75, 3.05) is 11.6 Å². The summed E-state index contributed by atoms with van der Waals surface area (Å²) in [5.41, 5.74) is 2.44. The van der Waals surface area contributed by atoms with E-state index >= 15 is 0 Å². The van der Waals surface area contributed by atoms with Gasteiger partial charge in [0.05, 0.1) is 5.52 Å². The Morgan fingerprint density at radius 3 is 2.94 bits per heavy atom. The minimum Gasteiger partial charge on any atom is -0.256 e. The number of benzene rings is 1. The third-order valence-corrected chi connectivity index (χ3v) is 4.51. The number of alkyl halides is 1. The molecule has 1 aromatic heterocycles. The SMILES string of the molecule is CC(CCl)CSCc1ccnc2ccccc12. The van der Waals surface area contributed by atoms with Crippen molar-refractivity contribution in [3.63, 3.8) is 0 Å². The predicted molar refractivity (Wildman–Crippen MR) is 77.8 cm³/mol. The molecule has 0 spiro atoms. The third-order valence-electron chi connectivity index (χ3n) is 2.66. The lowest BCUT2D eigenvalue weighted by Crippen LogP contribution is -1.99. The van der Waals surface area contributed by atoms with Gasteiger partial charge in [-0.1, -0.05) is 25.1 Å². The van der Waals surface area contributed by atoms with Crippen molar-refractivity contribution in [2.24, 2.45) is 5.92 Å². The van der Waals surface area contributed by atoms with Gasteiger partial charge in [-0.2, -0.15) is 11.8 Å². The Morgan fingerprint density at radius 2 is 2.12 bits per heavy atom. The van der Waals surface area contributed by atoms with Gasteiger partial charge < -0.3 is 0 Å². The zero-order chi connectivity index (χ0) is 12.1. The molecule has 90 valence electrons. The molecule has 0 radical (unpaired) electrons. The first-order chi connectivity index (χ1) is 8.31. The molecule has 1 nitrogen and oxygen atoms in total. The van der Waals surface area contributed by atoms with Gasteiger partial charge in [0.2, 0.25) is 0 Å². The molecule has 17 heavy (non-hydrogen) atoms. The summed E-state index contributed by atoms with van der Waals surface area (Å²) in [7, 11) is 0. The van der Waals surface area contributed by atoms with E-state index in [9.17, 15) is 0 Å². The van der Waals surface area contributed by atoms with E-state index in [1.165, 1.54) is 10.9 Å². The van der Waals surface area contributed by atoms with Crippen LogP contribution >= 0.6 is 23.4 Å². The molecule has 2 aromatic rings. The molecule has 3 heteroatoms. The van der Waals surface area contributed by atoms with E-state index in [4.69, 9.17) is 11.6 Å². The molecule has 0 fully saturated rings. The van der Waals surface area contributed by atoms with Crippen LogP contribution in [0.2, 0.25) is 0 Å². The highest BCUT2D eigenvalue weighted by Crippen LogP contribution is 2.22. The lowest BCUT2D eigenvalue weighted by Gasteiger charge is -2.08. The van der Waals surface area contributed by atoms with Crippen LogP contribution in [0.1, 0.15) is 12.5 Å². The van der Waals surface area contributed by atoms with Crippen molar-refractivity contribution in [3.8, 4) is 0 Å². The van der Waals surface area contributed by atoms with Gasteiger partial charge in [0, 0.05) is 23.2 Å². The maximum absolute atomic E-state index is 5.81. The first-order valence-electron chi connectivity index (χ1n) is 5.77. The molecular formula is C14H16ClNS. The quantitative estimate of drug-likeness (QED) is 0.746. The van der Waals surface area contributed by atoms with Crippen LogP contribution in [0.25, 0.3) is 10.9 Å². The van der Waals surface area contributed by atoms with E-state index in [2.05, 4.69) is 36.2 Å². The highest BCUT2D eigenvalue weighted by molar-refractivity contribution is 7.98. The number of hydrogen-bond donors (Lipinski definition) is 0. The van der Waals surface area contributed by atoms with Gasteiger partial charge in [-0.05, 0) is 29.4 Å². The molecule has 0 saturated carbocycles. The fourth-order valence-corrected chi connectivity index (χ4v) is 3.04. The zero-order valence-corrected chi connectivity index (χ0v) is 11.5. The van der Waals surface area contributed by atoms with Crippen LogP contribution in [0.15, 0.2) is 36.5 Å². The number of fused-ring (bicyclic) bond motifs is 1. The van der Waals surface area contributed by atoms with Crippen molar-refractivity contribution in [3.05, 3.63) is 42.1 Å². The van der Waals surface area contributed by atoms with Crippen LogP contribution in [0.5, 0.6) is 0 Å². The number of para-hydroxylation sites is 1. The normalized spacial score (nSPS) is 12.8. The molecule has 2 rings (SSSR count). The Balaban J connectivity index is 2.08. The van der Waals surface area contributed by atoms with Crippen molar-refractivity contribution < 1.29 is 0 Å². The average Bonchev–Trinajstić information content (AvgIpc) is 2.39. The minimum absolute atomic E-state index is 0.578. The zero-order valence-electron chi connectivity index (χ0n) is 9.90. The Hall–Kier alpha value is -0.730. The monoisotopic (exact) mass is 265 g/mol. The molecule has 0 bridgehead atoms. The third kappa shape index (κ3) is 3.36. The van der Waals surface area contributed by atoms with E-state index in [1.807, 2.05) is 24.0 Å². The summed E-state index contributed by atoms with van der Waals surface area (Å²) >= 11 is 7.75. The second-order valence-electron chi connectivity index (χ2n) is 4.26. The number of pyridine rings is 1. The highest BCUT2D eigenvalue weighted by atomic mass is 35.5. The van der Waals surface area contributed by atoms with E-state index < -0.39 is 0 Å². The maximum Gasteiger partial charge on any atom is 0.0705 e. The topological polar surface area (TPSA) is 12.9 Å². The van der Waals surface area contributed by atoms with E-state index in [1.54, 1.807) is 0 Å². The summed E-state index contributed by atoms with van der Waals surface area (Å²) < 4.78 is 0. The summed E-state index contributed by atoms with van der Waals surface area (Å²) in [5.74, 6) is 3.46. The average molecular weight is 266 g/mol. The molecule has 0 aliphatic rings. The summed E-state index contributed by atoms with van der Waals surface area (Å²) in [4.78, 5) is 4.37. The molecule has 0 saturated heterocycles. The molecule has 0 N–H and O–H groups in total. The predicted octanol–water partition coefficient (Wildman–Crippen LogP) is 4.34. The van der Waals surface area contributed by atoms with Crippen molar-refractivity contribution >= 4 is 34.3 Å². The summed E-state index contributed by atoms with van der Waals surface area (Å²) in [6.45, 7) is 2.19. The van der Waals surface area contributed by atoms with Crippen LogP contribution in [0.3, 0.4) is 0 Å². The van der Waals surface area contributed by atoms with Gasteiger partial charge in [-0.15, -0.1) is 11.6 Å². The van der Waals surface area contributed by atoms with Crippen LogP contribution in [-0.4, -0.2) is 16.6 Å². The summed E-state index contributed by atoms with van der Waals surface area (Å²) in [6, 6.07) is 10.4. The number of aromatic nitrogens is 1. The maximum atomic E-state index is 5.81. The number of hydrogen-bond acceptors (Lipinski definition) is 2. The standard InChI is InChI=1S/C14H16ClNS/c1-11(8-15)9-17-10-12-6-7-16-14-5-3-2-4-13(12)14/h2-7,11H,8-10H2,1H3. The molecule has 1 heterocycles. The van der Waals surface area contributed by atoms with Crippen LogP contribution < -0.4 is 0 Å². The van der Waals surface area contributed by atoms with E-state index in [0.29, 0.717) is 5.92 Å². The molecule has 1 unspecified atom stereocenters. The van der Waals surface area contributed by atoms with E-state index in [0.717, 1.165) is 22.9 Å². The number of thioether (sulfide) groups is 1.